The van der Waals surface area contributed by atoms with E-state index in [0.717, 1.165) is 24.0 Å². The summed E-state index contributed by atoms with van der Waals surface area (Å²) in [5.74, 6) is 0.116. The van der Waals surface area contributed by atoms with E-state index in [4.69, 9.17) is 23.2 Å². The number of halogens is 2. The van der Waals surface area contributed by atoms with Crippen molar-refractivity contribution in [2.45, 2.75) is 25.2 Å². The largest absolute Gasteiger partial charge is 0.352 e. The molecule has 0 amide bonds. The molecular formula is C16H20Cl2N2OSi. The van der Waals surface area contributed by atoms with E-state index in [9.17, 15) is 4.79 Å². The highest BCUT2D eigenvalue weighted by Gasteiger charge is 2.28. The van der Waals surface area contributed by atoms with Gasteiger partial charge < -0.3 is 4.98 Å². The molecule has 6 heteroatoms. The molecule has 0 saturated carbocycles. The van der Waals surface area contributed by atoms with E-state index in [2.05, 4.69) is 23.0 Å². The van der Waals surface area contributed by atoms with Crippen molar-refractivity contribution in [3.8, 4) is 0 Å². The average Bonchev–Trinajstić information content (AvgIpc) is 2.85. The van der Waals surface area contributed by atoms with Gasteiger partial charge in [-0.25, -0.2) is 0 Å². The zero-order valence-corrected chi connectivity index (χ0v) is 15.4. The number of H-pyrrole nitrogens is 1. The van der Waals surface area contributed by atoms with Crippen LogP contribution in [0.15, 0.2) is 18.2 Å². The van der Waals surface area contributed by atoms with Crippen molar-refractivity contribution < 1.29 is 4.79 Å². The first-order valence-electron chi connectivity index (χ1n) is 7.57. The number of carbonyl (C=O) groups is 1. The lowest BCUT2D eigenvalue weighted by Crippen LogP contribution is -2.44. The van der Waals surface area contributed by atoms with Crippen LogP contribution in [0.25, 0.3) is 10.9 Å². The van der Waals surface area contributed by atoms with Gasteiger partial charge in [-0.05, 0) is 43.4 Å². The van der Waals surface area contributed by atoms with Gasteiger partial charge in [-0.1, -0.05) is 36.3 Å². The molecule has 1 aromatic heterocycles. The lowest BCUT2D eigenvalue weighted by molar-refractivity contribution is 0.0930. The van der Waals surface area contributed by atoms with Crippen LogP contribution in [0, 0.1) is 0 Å². The number of fused-ring (bicyclic) bond motifs is 1. The molecule has 1 aliphatic rings. The number of aromatic amines is 1. The molecule has 1 N–H and O–H groups in total. The van der Waals surface area contributed by atoms with Gasteiger partial charge in [-0.3, -0.25) is 9.69 Å². The van der Waals surface area contributed by atoms with Crippen molar-refractivity contribution in [2.24, 2.45) is 0 Å². The first kappa shape index (κ1) is 16.1. The number of rotatable bonds is 3. The van der Waals surface area contributed by atoms with Crippen molar-refractivity contribution in [2.75, 3.05) is 19.6 Å². The number of Topliss-reactive ketones (excluding diaryl/α,β-unsaturated/α-hetero) is 1. The topological polar surface area (TPSA) is 36.1 Å². The van der Waals surface area contributed by atoms with Gasteiger partial charge in [0.2, 0.25) is 0 Å². The van der Waals surface area contributed by atoms with Crippen molar-refractivity contribution in [3.63, 3.8) is 0 Å². The highest BCUT2D eigenvalue weighted by molar-refractivity contribution is 6.77. The molecular weight excluding hydrogens is 335 g/mol. The highest BCUT2D eigenvalue weighted by atomic mass is 35.5. The third-order valence-electron chi connectivity index (χ3n) is 4.53. The Morgan fingerprint density at radius 3 is 2.59 bits per heavy atom. The quantitative estimate of drug-likeness (QED) is 0.641. The predicted molar refractivity (Wildman–Crippen MR) is 96.2 cm³/mol. The molecule has 1 aromatic carbocycles. The van der Waals surface area contributed by atoms with Crippen molar-refractivity contribution >= 4 is 48.0 Å². The Labute approximate surface area is 141 Å². The van der Waals surface area contributed by atoms with E-state index >= 15 is 0 Å². The Kier molecular flexibility index (Phi) is 4.38. The maximum Gasteiger partial charge on any atom is 0.192 e. The van der Waals surface area contributed by atoms with E-state index in [1.807, 2.05) is 6.07 Å². The molecule has 3 rings (SSSR count). The molecule has 3 nitrogen and oxygen atoms in total. The summed E-state index contributed by atoms with van der Waals surface area (Å²) >= 11 is 12.2. The highest BCUT2D eigenvalue weighted by Crippen LogP contribution is 2.29. The Morgan fingerprint density at radius 1 is 1.23 bits per heavy atom. The van der Waals surface area contributed by atoms with Crippen molar-refractivity contribution in [1.29, 1.82) is 0 Å². The molecule has 0 spiro atoms. The summed E-state index contributed by atoms with van der Waals surface area (Å²) in [5.41, 5.74) is 1.43. The summed E-state index contributed by atoms with van der Waals surface area (Å²) in [4.78, 5) is 17.9. The lowest BCUT2D eigenvalue weighted by Gasteiger charge is -2.35. The zero-order chi connectivity index (χ0) is 15.9. The molecule has 0 radical (unpaired) electrons. The number of benzene rings is 1. The van der Waals surface area contributed by atoms with Crippen molar-refractivity contribution in [3.05, 3.63) is 33.9 Å². The van der Waals surface area contributed by atoms with E-state index < -0.39 is 8.07 Å². The van der Waals surface area contributed by atoms with Gasteiger partial charge >= 0.3 is 0 Å². The van der Waals surface area contributed by atoms with Crippen LogP contribution in [-0.2, 0) is 0 Å². The van der Waals surface area contributed by atoms with Gasteiger partial charge in [0.05, 0.1) is 17.3 Å². The third-order valence-corrected chi connectivity index (χ3v) is 8.21. The van der Waals surface area contributed by atoms with Gasteiger partial charge in [0.1, 0.15) is 0 Å². The van der Waals surface area contributed by atoms with Gasteiger partial charge in [-0.2, -0.15) is 0 Å². The number of carbonyl (C=O) groups excluding carboxylic acids is 1. The molecule has 0 atom stereocenters. The molecule has 118 valence electrons. The molecule has 0 unspecified atom stereocenters. The first-order chi connectivity index (χ1) is 10.3. The first-order valence-corrected chi connectivity index (χ1v) is 11.7. The lowest BCUT2D eigenvalue weighted by atomic mass is 10.2. The number of aromatic nitrogens is 1. The van der Waals surface area contributed by atoms with Crippen molar-refractivity contribution in [1.82, 2.24) is 9.88 Å². The average molecular weight is 355 g/mol. The van der Waals surface area contributed by atoms with E-state index in [1.165, 1.54) is 12.1 Å². The molecule has 22 heavy (non-hydrogen) atoms. The van der Waals surface area contributed by atoms with Crippen LogP contribution in [0.3, 0.4) is 0 Å². The van der Waals surface area contributed by atoms with Gasteiger partial charge in [-0.15, -0.1) is 0 Å². The summed E-state index contributed by atoms with van der Waals surface area (Å²) in [6.07, 6.45) is 0. The molecule has 1 aliphatic heterocycles. The molecule has 2 heterocycles. The fourth-order valence-corrected chi connectivity index (χ4v) is 5.56. The number of ketones is 1. The fourth-order valence-electron chi connectivity index (χ4n) is 2.92. The second kappa shape index (κ2) is 6.00. The van der Waals surface area contributed by atoms with Crippen LogP contribution in [0.4, 0.5) is 0 Å². The summed E-state index contributed by atoms with van der Waals surface area (Å²) < 4.78 is 0. The number of nitrogens with zero attached hydrogens (tertiary/aromatic N) is 1. The SMILES string of the molecule is C[Si]1(C)CCN(CC(=O)c2cc3c(Cl)cc(Cl)cc3[nH]2)CC1. The maximum absolute atomic E-state index is 12.5. The summed E-state index contributed by atoms with van der Waals surface area (Å²) in [6.45, 7) is 7.41. The maximum atomic E-state index is 12.5. The second-order valence-electron chi connectivity index (χ2n) is 6.90. The summed E-state index contributed by atoms with van der Waals surface area (Å²) in [6, 6.07) is 7.88. The smallest absolute Gasteiger partial charge is 0.192 e. The van der Waals surface area contributed by atoms with E-state index in [0.29, 0.717) is 22.3 Å². The molecule has 0 aliphatic carbocycles. The Balaban J connectivity index is 1.74. The Bertz CT molecular complexity index is 716. The number of hydrogen-bond acceptors (Lipinski definition) is 2. The van der Waals surface area contributed by atoms with Crippen LogP contribution in [0.1, 0.15) is 10.5 Å². The van der Waals surface area contributed by atoms with Crippen LogP contribution < -0.4 is 0 Å². The molecule has 0 bridgehead atoms. The fraction of sp³-hybridized carbons (Fsp3) is 0.438. The minimum atomic E-state index is -0.996. The van der Waals surface area contributed by atoms with Crippen LogP contribution >= 0.6 is 23.2 Å². The van der Waals surface area contributed by atoms with Crippen LogP contribution in [-0.4, -0.2) is 43.4 Å². The zero-order valence-electron chi connectivity index (χ0n) is 12.9. The predicted octanol–water partition coefficient (Wildman–Crippen LogP) is 4.68. The third kappa shape index (κ3) is 3.40. The number of hydrogen-bond donors (Lipinski definition) is 1. The minimum absolute atomic E-state index is 0.116. The van der Waals surface area contributed by atoms with E-state index in [-0.39, 0.29) is 5.78 Å². The second-order valence-corrected chi connectivity index (χ2v) is 13.1. The van der Waals surface area contributed by atoms with Gasteiger partial charge in [0.25, 0.3) is 0 Å². The monoisotopic (exact) mass is 354 g/mol. The Morgan fingerprint density at radius 2 is 1.91 bits per heavy atom. The standard InChI is InChI=1S/C16H20Cl2N2OSi/c1-22(2)5-3-20(4-6-22)10-16(21)15-9-12-13(18)7-11(17)8-14(12)19-15/h7-9,19H,3-6,10H2,1-2H3. The number of nitrogens with one attached hydrogen (secondary N) is 1. The molecule has 1 saturated heterocycles. The normalized spacial score (nSPS) is 18.7. The minimum Gasteiger partial charge on any atom is -0.352 e. The van der Waals surface area contributed by atoms with E-state index in [1.54, 1.807) is 12.1 Å². The summed E-state index contributed by atoms with van der Waals surface area (Å²) in [7, 11) is -0.996. The molecule has 1 fully saturated rings. The molecule has 2 aromatic rings. The van der Waals surface area contributed by atoms with Gasteiger partial charge in [0.15, 0.2) is 5.78 Å². The van der Waals surface area contributed by atoms with Gasteiger partial charge in [0, 0.05) is 24.0 Å². The Hall–Kier alpha value is -0.813. The van der Waals surface area contributed by atoms with Crippen LogP contribution in [0.2, 0.25) is 35.2 Å². The summed E-state index contributed by atoms with van der Waals surface area (Å²) in [5, 5.41) is 1.99. The van der Waals surface area contributed by atoms with Crippen LogP contribution in [0.5, 0.6) is 0 Å².